The zero-order chi connectivity index (χ0) is 16.9. The molecule has 3 heteroatoms. The molecule has 0 saturated heterocycles. The highest BCUT2D eigenvalue weighted by atomic mass is 35.5. The lowest BCUT2D eigenvalue weighted by Gasteiger charge is -2.57. The van der Waals surface area contributed by atoms with E-state index in [4.69, 9.17) is 11.6 Å². The minimum Gasteiger partial charge on any atom is -0.299 e. The average molecular weight is 345 g/mol. The smallest absolute Gasteiger partial charge is 0.155 e. The van der Waals surface area contributed by atoms with Gasteiger partial charge in [-0.2, -0.15) is 0 Å². The topological polar surface area (TPSA) is 34.1 Å². The van der Waals surface area contributed by atoms with Gasteiger partial charge in [-0.05, 0) is 74.0 Å². The lowest BCUT2D eigenvalue weighted by atomic mass is 9.46. The Hall–Kier alpha value is -1.07. The number of carbonyl (C=O) groups is 2. The molecule has 0 radical (unpaired) electrons. The third-order valence-electron chi connectivity index (χ3n) is 7.87. The number of rotatable bonds is 1. The summed E-state index contributed by atoms with van der Waals surface area (Å²) in [6, 6.07) is 0. The van der Waals surface area contributed by atoms with E-state index in [0.717, 1.165) is 51.4 Å². The molecule has 0 spiro atoms. The van der Waals surface area contributed by atoms with Crippen LogP contribution in [0.4, 0.5) is 0 Å². The van der Waals surface area contributed by atoms with E-state index in [-0.39, 0.29) is 16.6 Å². The predicted octanol–water partition coefficient (Wildman–Crippen LogP) is 4.66. The molecule has 0 heterocycles. The second-order valence-electron chi connectivity index (χ2n) is 8.57. The van der Waals surface area contributed by atoms with Crippen LogP contribution in [-0.2, 0) is 9.59 Å². The maximum absolute atomic E-state index is 12.5. The fourth-order valence-corrected chi connectivity index (χ4v) is 6.72. The normalized spacial score (nSPS) is 43.9. The van der Waals surface area contributed by atoms with Crippen LogP contribution in [0.1, 0.15) is 64.7 Å². The summed E-state index contributed by atoms with van der Waals surface area (Å²) >= 11 is 5.69. The van der Waals surface area contributed by atoms with Crippen molar-refractivity contribution >= 4 is 23.2 Å². The van der Waals surface area contributed by atoms with Crippen molar-refractivity contribution in [1.82, 2.24) is 0 Å². The Kier molecular flexibility index (Phi) is 3.92. The number of fused-ring (bicyclic) bond motifs is 5. The van der Waals surface area contributed by atoms with E-state index in [1.54, 1.807) is 0 Å². The molecule has 4 rings (SSSR count). The van der Waals surface area contributed by atoms with Gasteiger partial charge in [0.25, 0.3) is 0 Å². The molecule has 128 valence electrons. The minimum absolute atomic E-state index is 0.0334. The van der Waals surface area contributed by atoms with E-state index in [1.165, 1.54) is 5.57 Å². The van der Waals surface area contributed by atoms with Gasteiger partial charge in [-0.1, -0.05) is 18.4 Å². The van der Waals surface area contributed by atoms with Gasteiger partial charge in [0.15, 0.2) is 5.78 Å². The summed E-state index contributed by atoms with van der Waals surface area (Å²) in [4.78, 5) is 24.5. The van der Waals surface area contributed by atoms with Gasteiger partial charge >= 0.3 is 0 Å². The van der Waals surface area contributed by atoms with Crippen molar-refractivity contribution < 1.29 is 9.59 Å². The maximum atomic E-state index is 12.5. The van der Waals surface area contributed by atoms with Crippen LogP contribution in [0.2, 0.25) is 0 Å². The third kappa shape index (κ3) is 2.17. The van der Waals surface area contributed by atoms with E-state index in [2.05, 4.69) is 18.2 Å². The minimum atomic E-state index is -0.0910. The van der Waals surface area contributed by atoms with Crippen molar-refractivity contribution in [3.05, 3.63) is 11.6 Å². The number of halogens is 1. The summed E-state index contributed by atoms with van der Waals surface area (Å²) in [5.41, 5.74) is 1.27. The van der Waals surface area contributed by atoms with Gasteiger partial charge in [-0.25, -0.2) is 0 Å². The van der Waals surface area contributed by atoms with Crippen LogP contribution in [0.3, 0.4) is 0 Å². The summed E-state index contributed by atoms with van der Waals surface area (Å²) in [5.74, 6) is 5.59. The molecule has 5 atom stereocenters. The molecule has 4 aliphatic carbocycles. The molecule has 3 saturated carbocycles. The Bertz CT molecular complexity index is 682. The van der Waals surface area contributed by atoms with Gasteiger partial charge in [0.2, 0.25) is 0 Å². The van der Waals surface area contributed by atoms with Crippen molar-refractivity contribution in [2.45, 2.75) is 64.7 Å². The Morgan fingerprint density at radius 2 is 1.96 bits per heavy atom. The Morgan fingerprint density at radius 3 is 2.75 bits per heavy atom. The van der Waals surface area contributed by atoms with Crippen LogP contribution < -0.4 is 0 Å². The molecule has 0 amide bonds. The number of carbonyl (C=O) groups excluding carboxylic acids is 2. The first kappa shape index (κ1) is 16.4. The Morgan fingerprint density at radius 1 is 1.12 bits per heavy atom. The molecule has 0 aromatic carbocycles. The van der Waals surface area contributed by atoms with E-state index >= 15 is 0 Å². The second-order valence-corrected chi connectivity index (χ2v) is 8.76. The first-order chi connectivity index (χ1) is 11.5. The molecule has 0 unspecified atom stereocenters. The third-order valence-corrected chi connectivity index (χ3v) is 8.00. The summed E-state index contributed by atoms with van der Waals surface area (Å²) in [7, 11) is 0. The van der Waals surface area contributed by atoms with Crippen LogP contribution >= 0.6 is 11.6 Å². The Labute approximate surface area is 149 Å². The first-order valence-electron chi connectivity index (χ1n) is 9.37. The first-order valence-corrected chi connectivity index (χ1v) is 9.75. The largest absolute Gasteiger partial charge is 0.299 e. The molecule has 24 heavy (non-hydrogen) atoms. The highest BCUT2D eigenvalue weighted by Crippen LogP contribution is 2.65. The predicted molar refractivity (Wildman–Crippen MR) is 94.3 cm³/mol. The Balaban J connectivity index is 1.74. The lowest BCUT2D eigenvalue weighted by Crippen LogP contribution is -2.51. The fraction of sp³-hybridized carbons (Fsp3) is 0.714. The van der Waals surface area contributed by atoms with Crippen molar-refractivity contribution in [3.8, 4) is 11.3 Å². The number of ketones is 2. The van der Waals surface area contributed by atoms with Gasteiger partial charge < -0.3 is 0 Å². The number of Topliss-reactive ketones (excluding diaryl/α,β-unsaturated/α-hetero) is 1. The second kappa shape index (κ2) is 5.73. The number of hydrogen-bond donors (Lipinski definition) is 0. The van der Waals surface area contributed by atoms with Crippen LogP contribution in [0, 0.1) is 39.9 Å². The molecule has 0 aromatic rings. The zero-order valence-corrected chi connectivity index (χ0v) is 15.1. The lowest BCUT2D eigenvalue weighted by molar-refractivity contribution is -0.132. The molecule has 2 nitrogen and oxygen atoms in total. The van der Waals surface area contributed by atoms with Gasteiger partial charge in [0, 0.05) is 35.5 Å². The molecule has 0 bridgehead atoms. The average Bonchev–Trinajstić information content (AvgIpc) is 2.88. The number of hydrogen-bond acceptors (Lipinski definition) is 2. The summed E-state index contributed by atoms with van der Waals surface area (Å²) in [6.45, 7) is 2.21. The quantitative estimate of drug-likeness (QED) is 0.648. The molecule has 0 aromatic heterocycles. The van der Waals surface area contributed by atoms with Crippen LogP contribution in [0.25, 0.3) is 0 Å². The van der Waals surface area contributed by atoms with Crippen molar-refractivity contribution in [2.75, 3.05) is 0 Å². The fourth-order valence-electron chi connectivity index (χ4n) is 6.66. The summed E-state index contributed by atoms with van der Waals surface area (Å²) in [5, 5.41) is 2.57. The number of allylic oxidation sites excluding steroid dienone is 1. The molecule has 0 N–H and O–H groups in total. The van der Waals surface area contributed by atoms with Crippen LogP contribution in [0.15, 0.2) is 11.6 Å². The maximum Gasteiger partial charge on any atom is 0.155 e. The van der Waals surface area contributed by atoms with Gasteiger partial charge in [0.05, 0.1) is 0 Å². The van der Waals surface area contributed by atoms with Crippen LogP contribution in [0.5, 0.6) is 0 Å². The molecule has 4 aliphatic rings. The van der Waals surface area contributed by atoms with Crippen LogP contribution in [-0.4, -0.2) is 11.6 Å². The summed E-state index contributed by atoms with van der Waals surface area (Å²) in [6.07, 6.45) is 10.3. The SMILES string of the molecule is C[C@]12CC[C@H]3[C@@H](CCC4=CC(=O)CC[C@@]43CC#CCl)[C@@H]1CCC2=O. The molecule has 3 fully saturated rings. The van der Waals surface area contributed by atoms with Crippen molar-refractivity contribution in [2.24, 2.45) is 28.6 Å². The standard InChI is InChI=1S/C21H25ClO2/c1-20-10-8-18-16(17(20)5-6-19(20)24)4-3-14-13-15(23)7-11-21(14,18)9-2-12-22/h13,16-18H,3-11H2,1H3/t16-,17-,18-,20-,21-/m0/s1. The monoisotopic (exact) mass is 344 g/mol. The van der Waals surface area contributed by atoms with E-state index in [1.807, 2.05) is 6.08 Å². The van der Waals surface area contributed by atoms with Gasteiger partial charge in [0.1, 0.15) is 5.78 Å². The van der Waals surface area contributed by atoms with E-state index in [9.17, 15) is 9.59 Å². The molecule has 0 aliphatic heterocycles. The highest BCUT2D eigenvalue weighted by Gasteiger charge is 2.59. The van der Waals surface area contributed by atoms with E-state index < -0.39 is 0 Å². The highest BCUT2D eigenvalue weighted by molar-refractivity contribution is 6.30. The summed E-state index contributed by atoms with van der Waals surface area (Å²) < 4.78 is 0. The van der Waals surface area contributed by atoms with E-state index in [0.29, 0.717) is 30.0 Å². The van der Waals surface area contributed by atoms with Crippen molar-refractivity contribution in [3.63, 3.8) is 0 Å². The zero-order valence-electron chi connectivity index (χ0n) is 14.4. The van der Waals surface area contributed by atoms with Gasteiger partial charge in [-0.15, -0.1) is 0 Å². The van der Waals surface area contributed by atoms with Crippen molar-refractivity contribution in [1.29, 1.82) is 0 Å². The molecular formula is C21H25ClO2. The molecular weight excluding hydrogens is 320 g/mol. The van der Waals surface area contributed by atoms with Gasteiger partial charge in [-0.3, -0.25) is 9.59 Å².